The maximum atomic E-state index is 13.1. The summed E-state index contributed by atoms with van der Waals surface area (Å²) in [6.45, 7) is 0. The van der Waals surface area contributed by atoms with Crippen molar-refractivity contribution in [1.82, 2.24) is 0 Å². The maximum Gasteiger partial charge on any atom is 0.176 e. The summed E-state index contributed by atoms with van der Waals surface area (Å²) < 4.78 is 13.8. The molecular formula is C8H4BrClFIO. The molecule has 0 fully saturated rings. The Morgan fingerprint density at radius 2 is 2.23 bits per heavy atom. The Hall–Kier alpha value is 0.320. The standard InChI is InChI=1S/C8H4BrClFIO/c9-3-8(13)4-1-7(12)5(10)2-6(4)11/h1-2H,3H2. The number of hydrogen-bond acceptors (Lipinski definition) is 1. The van der Waals surface area contributed by atoms with Gasteiger partial charge in [0.25, 0.3) is 0 Å². The van der Waals surface area contributed by atoms with Crippen LogP contribution in [0, 0.1) is 9.39 Å². The van der Waals surface area contributed by atoms with Crippen LogP contribution in [0.3, 0.4) is 0 Å². The molecular weight excluding hydrogens is 373 g/mol. The van der Waals surface area contributed by atoms with E-state index < -0.39 is 5.82 Å². The number of benzene rings is 1. The van der Waals surface area contributed by atoms with Crippen LogP contribution in [0.25, 0.3) is 0 Å². The third-order valence-electron chi connectivity index (χ3n) is 1.43. The minimum atomic E-state index is -0.574. The van der Waals surface area contributed by atoms with Gasteiger partial charge in [-0.3, -0.25) is 4.79 Å². The van der Waals surface area contributed by atoms with Gasteiger partial charge in [0.15, 0.2) is 5.78 Å². The number of halogens is 4. The van der Waals surface area contributed by atoms with Gasteiger partial charge in [-0.1, -0.05) is 27.5 Å². The van der Waals surface area contributed by atoms with Gasteiger partial charge in [-0.15, -0.1) is 0 Å². The van der Waals surface area contributed by atoms with Crippen LogP contribution in [0.1, 0.15) is 10.4 Å². The van der Waals surface area contributed by atoms with Crippen LogP contribution in [0.2, 0.25) is 5.02 Å². The minimum Gasteiger partial charge on any atom is -0.293 e. The van der Waals surface area contributed by atoms with Gasteiger partial charge in [-0.05, 0) is 34.7 Å². The van der Waals surface area contributed by atoms with E-state index in [0.29, 0.717) is 8.59 Å². The summed E-state index contributed by atoms with van der Waals surface area (Å²) in [5, 5.41) is 0.436. The molecule has 0 N–H and O–H groups in total. The second-order valence-electron chi connectivity index (χ2n) is 2.30. The first-order valence-electron chi connectivity index (χ1n) is 3.30. The number of hydrogen-bond donors (Lipinski definition) is 0. The lowest BCUT2D eigenvalue weighted by Gasteiger charge is -2.02. The highest BCUT2D eigenvalue weighted by Gasteiger charge is 2.12. The van der Waals surface area contributed by atoms with Crippen LogP contribution < -0.4 is 0 Å². The highest BCUT2D eigenvalue weighted by atomic mass is 127. The molecule has 1 aromatic carbocycles. The quantitative estimate of drug-likeness (QED) is 0.333. The minimum absolute atomic E-state index is 0.0747. The first kappa shape index (κ1) is 11.4. The van der Waals surface area contributed by atoms with Gasteiger partial charge >= 0.3 is 0 Å². The molecule has 0 saturated heterocycles. The average molecular weight is 377 g/mol. The van der Waals surface area contributed by atoms with Crippen molar-refractivity contribution in [1.29, 1.82) is 0 Å². The van der Waals surface area contributed by atoms with Crippen molar-refractivity contribution in [3.8, 4) is 0 Å². The molecule has 0 saturated carbocycles. The normalized spacial score (nSPS) is 10.2. The van der Waals surface area contributed by atoms with Gasteiger partial charge < -0.3 is 0 Å². The molecule has 1 nitrogen and oxygen atoms in total. The van der Waals surface area contributed by atoms with E-state index in [4.69, 9.17) is 11.6 Å². The van der Waals surface area contributed by atoms with Crippen molar-refractivity contribution in [2.45, 2.75) is 0 Å². The Labute approximate surface area is 102 Å². The molecule has 0 unspecified atom stereocenters. The van der Waals surface area contributed by atoms with E-state index in [1.54, 1.807) is 0 Å². The van der Waals surface area contributed by atoms with E-state index >= 15 is 0 Å². The Morgan fingerprint density at radius 3 is 2.77 bits per heavy atom. The molecule has 70 valence electrons. The summed E-state index contributed by atoms with van der Waals surface area (Å²) in [5.74, 6) is -0.859. The van der Waals surface area contributed by atoms with E-state index in [2.05, 4.69) is 15.9 Å². The van der Waals surface area contributed by atoms with E-state index in [9.17, 15) is 9.18 Å². The second kappa shape index (κ2) is 4.70. The lowest BCUT2D eigenvalue weighted by Crippen LogP contribution is -2.04. The SMILES string of the molecule is O=C(CBr)c1cc(I)c(Cl)cc1F. The predicted octanol–water partition coefficient (Wildman–Crippen LogP) is 3.66. The van der Waals surface area contributed by atoms with Crippen molar-refractivity contribution < 1.29 is 9.18 Å². The fraction of sp³-hybridized carbons (Fsp3) is 0.125. The molecule has 0 aliphatic heterocycles. The molecule has 1 rings (SSSR count). The first-order chi connectivity index (χ1) is 6.06. The zero-order valence-electron chi connectivity index (χ0n) is 6.28. The van der Waals surface area contributed by atoms with Crippen LogP contribution in [0.4, 0.5) is 4.39 Å². The number of ketones is 1. The predicted molar refractivity (Wildman–Crippen MR) is 62.3 cm³/mol. The molecule has 5 heteroatoms. The number of rotatable bonds is 2. The number of alkyl halides is 1. The van der Waals surface area contributed by atoms with E-state index in [1.165, 1.54) is 6.07 Å². The summed E-state index contributed by atoms with van der Waals surface area (Å²) >= 11 is 10.6. The second-order valence-corrected chi connectivity index (χ2v) is 4.43. The first-order valence-corrected chi connectivity index (χ1v) is 5.87. The van der Waals surface area contributed by atoms with E-state index in [1.807, 2.05) is 22.6 Å². The lowest BCUT2D eigenvalue weighted by atomic mass is 10.1. The number of carbonyl (C=O) groups is 1. The van der Waals surface area contributed by atoms with E-state index in [0.717, 1.165) is 6.07 Å². The van der Waals surface area contributed by atoms with Crippen LogP contribution in [-0.4, -0.2) is 11.1 Å². The number of Topliss-reactive ketones (excluding diaryl/α,β-unsaturated/α-hetero) is 1. The molecule has 0 bridgehead atoms. The molecule has 0 amide bonds. The van der Waals surface area contributed by atoms with E-state index in [-0.39, 0.29) is 16.7 Å². The Morgan fingerprint density at radius 1 is 1.62 bits per heavy atom. The molecule has 0 aromatic heterocycles. The van der Waals surface area contributed by atoms with Crippen molar-refractivity contribution >= 4 is 55.9 Å². The monoisotopic (exact) mass is 376 g/mol. The fourth-order valence-corrected chi connectivity index (χ4v) is 1.73. The molecule has 0 heterocycles. The van der Waals surface area contributed by atoms with Crippen LogP contribution in [-0.2, 0) is 0 Å². The zero-order chi connectivity index (χ0) is 10.0. The van der Waals surface area contributed by atoms with Crippen molar-refractivity contribution in [2.75, 3.05) is 5.33 Å². The maximum absolute atomic E-state index is 13.1. The molecule has 0 aliphatic carbocycles. The Balaban J connectivity index is 3.23. The molecule has 0 spiro atoms. The van der Waals surface area contributed by atoms with Crippen molar-refractivity contribution in [3.05, 3.63) is 32.1 Å². The summed E-state index contributed by atoms with van der Waals surface area (Å²) in [7, 11) is 0. The summed E-state index contributed by atoms with van der Waals surface area (Å²) in [6, 6.07) is 2.60. The smallest absolute Gasteiger partial charge is 0.176 e. The van der Waals surface area contributed by atoms with Gasteiger partial charge in [0.1, 0.15) is 5.82 Å². The van der Waals surface area contributed by atoms with Gasteiger partial charge in [0, 0.05) is 3.57 Å². The third-order valence-corrected chi connectivity index (χ3v) is 3.47. The topological polar surface area (TPSA) is 17.1 Å². The van der Waals surface area contributed by atoms with Crippen LogP contribution >= 0.6 is 50.1 Å². The number of carbonyl (C=O) groups excluding carboxylic acids is 1. The van der Waals surface area contributed by atoms with Gasteiger partial charge in [-0.2, -0.15) is 0 Å². The van der Waals surface area contributed by atoms with Crippen LogP contribution in [0.15, 0.2) is 12.1 Å². The highest BCUT2D eigenvalue weighted by Crippen LogP contribution is 2.22. The molecule has 1 aromatic rings. The molecule has 0 aliphatic rings. The fourth-order valence-electron chi connectivity index (χ4n) is 0.808. The molecule has 0 radical (unpaired) electrons. The van der Waals surface area contributed by atoms with Gasteiger partial charge in [0.05, 0.1) is 15.9 Å². The summed E-state index contributed by atoms with van der Waals surface area (Å²) in [4.78, 5) is 11.2. The Kier molecular flexibility index (Phi) is 4.12. The highest BCUT2D eigenvalue weighted by molar-refractivity contribution is 14.1. The van der Waals surface area contributed by atoms with Crippen molar-refractivity contribution in [2.24, 2.45) is 0 Å². The lowest BCUT2D eigenvalue weighted by molar-refractivity contribution is 0.102. The largest absolute Gasteiger partial charge is 0.293 e. The third kappa shape index (κ3) is 2.63. The van der Waals surface area contributed by atoms with Gasteiger partial charge in [0.2, 0.25) is 0 Å². The summed E-state index contributed by atoms with van der Waals surface area (Å²) in [5.41, 5.74) is 0.0747. The summed E-state index contributed by atoms with van der Waals surface area (Å²) in [6.07, 6.45) is 0. The average Bonchev–Trinajstić information content (AvgIpc) is 2.10. The molecule has 13 heavy (non-hydrogen) atoms. The van der Waals surface area contributed by atoms with Crippen LogP contribution in [0.5, 0.6) is 0 Å². The zero-order valence-corrected chi connectivity index (χ0v) is 10.8. The Bertz CT molecular complexity index is 356. The van der Waals surface area contributed by atoms with Gasteiger partial charge in [-0.25, -0.2) is 4.39 Å². The van der Waals surface area contributed by atoms with Crippen molar-refractivity contribution in [3.63, 3.8) is 0 Å². The molecule has 0 atom stereocenters.